The highest BCUT2D eigenvalue weighted by atomic mass is 32.7. The second kappa shape index (κ2) is 2.94. The fraction of sp³-hybridized carbons (Fsp3) is 0.333. The molecule has 0 spiro atoms. The molecule has 5 heteroatoms. The monoisotopic (exact) mass is 189 g/mol. The molecule has 0 radical (unpaired) electrons. The molecule has 0 aromatic carbocycles. The molecule has 0 amide bonds. The van der Waals surface area contributed by atoms with Gasteiger partial charge in [0, 0.05) is 20.4 Å². The van der Waals surface area contributed by atoms with E-state index in [0.29, 0.717) is 4.91 Å². The second-order valence-corrected chi connectivity index (χ2v) is 6.44. The summed E-state index contributed by atoms with van der Waals surface area (Å²) in [5.74, 6) is 2.41. The van der Waals surface area contributed by atoms with Gasteiger partial charge in [0.05, 0.1) is 4.91 Å². The summed E-state index contributed by atoms with van der Waals surface area (Å²) in [7, 11) is 3.10. The van der Waals surface area contributed by atoms with Gasteiger partial charge in [0.1, 0.15) is 0 Å². The molecule has 1 aliphatic heterocycles. The predicted octanol–water partition coefficient (Wildman–Crippen LogP) is 1.89. The van der Waals surface area contributed by atoms with Crippen LogP contribution in [0.1, 0.15) is 0 Å². The van der Waals surface area contributed by atoms with Crippen molar-refractivity contribution in [1.29, 1.82) is 0 Å². The smallest absolute Gasteiger partial charge is 0.309 e. The van der Waals surface area contributed by atoms with E-state index in [0.717, 1.165) is 11.4 Å². The molecule has 0 N–H and O–H groups in total. The Morgan fingerprint density at radius 3 is 2.82 bits per heavy atom. The third kappa shape index (κ3) is 1.46. The van der Waals surface area contributed by atoms with Crippen LogP contribution >= 0.6 is 18.1 Å². The predicted molar refractivity (Wildman–Crippen MR) is 46.9 cm³/mol. The summed E-state index contributed by atoms with van der Waals surface area (Å²) in [6.07, 6.45) is 6.78. The molecule has 0 aromatic heterocycles. The molecule has 1 heterocycles. The zero-order chi connectivity index (χ0) is 8.48. The van der Waals surface area contributed by atoms with Gasteiger partial charge in [-0.15, -0.1) is 6.42 Å². The Hall–Kier alpha value is -0.360. The van der Waals surface area contributed by atoms with E-state index in [1.54, 1.807) is 13.2 Å². The van der Waals surface area contributed by atoms with Gasteiger partial charge < -0.3 is 9.19 Å². The van der Waals surface area contributed by atoms with Crippen LogP contribution in [0, 0.1) is 12.3 Å². The standard InChI is InChI=1S/C6H8NO2PS/c1-4-6-5-7(2)10(8,9-3)11-6/h1,5H,2-3H3. The van der Waals surface area contributed by atoms with Crippen LogP contribution in [0.15, 0.2) is 11.1 Å². The minimum absolute atomic E-state index is 0.651. The number of nitrogens with zero attached hydrogens (tertiary/aromatic N) is 1. The molecule has 1 unspecified atom stereocenters. The lowest BCUT2D eigenvalue weighted by atomic mass is 10.6. The molecule has 0 aliphatic carbocycles. The minimum atomic E-state index is -2.70. The highest BCUT2D eigenvalue weighted by molar-refractivity contribution is 8.58. The Kier molecular flexibility index (Phi) is 2.34. The van der Waals surface area contributed by atoms with Crippen molar-refractivity contribution in [1.82, 2.24) is 4.67 Å². The number of terminal acetylenes is 1. The molecule has 1 aliphatic rings. The molecule has 0 saturated carbocycles. The lowest BCUT2D eigenvalue weighted by Crippen LogP contribution is -2.01. The quantitative estimate of drug-likeness (QED) is 0.465. The highest BCUT2D eigenvalue weighted by Gasteiger charge is 2.34. The number of hydrogen-bond donors (Lipinski definition) is 0. The van der Waals surface area contributed by atoms with Crippen molar-refractivity contribution < 1.29 is 9.09 Å². The normalized spacial score (nSPS) is 29.9. The Labute approximate surface area is 70.0 Å². The first-order chi connectivity index (χ1) is 5.12. The van der Waals surface area contributed by atoms with Crippen molar-refractivity contribution in [3.8, 4) is 12.3 Å². The van der Waals surface area contributed by atoms with Gasteiger partial charge in [0.25, 0.3) is 0 Å². The van der Waals surface area contributed by atoms with Crippen LogP contribution in [0.2, 0.25) is 0 Å². The van der Waals surface area contributed by atoms with E-state index < -0.39 is 6.72 Å². The molecule has 0 aromatic rings. The second-order valence-electron chi connectivity index (χ2n) is 1.95. The van der Waals surface area contributed by atoms with E-state index in [1.807, 2.05) is 0 Å². The van der Waals surface area contributed by atoms with E-state index in [4.69, 9.17) is 10.9 Å². The van der Waals surface area contributed by atoms with E-state index in [1.165, 1.54) is 11.8 Å². The van der Waals surface area contributed by atoms with Crippen molar-refractivity contribution in [3.05, 3.63) is 11.1 Å². The average molecular weight is 189 g/mol. The molecule has 11 heavy (non-hydrogen) atoms. The number of rotatable bonds is 1. The first-order valence-corrected chi connectivity index (χ1v) is 5.89. The summed E-state index contributed by atoms with van der Waals surface area (Å²) in [5.41, 5.74) is 0. The number of allylic oxidation sites excluding steroid dienone is 1. The van der Waals surface area contributed by atoms with Crippen molar-refractivity contribution in [2.45, 2.75) is 0 Å². The van der Waals surface area contributed by atoms with Crippen molar-refractivity contribution in [2.24, 2.45) is 0 Å². The van der Waals surface area contributed by atoms with Crippen molar-refractivity contribution >= 4 is 18.1 Å². The Balaban J connectivity index is 2.87. The summed E-state index contributed by atoms with van der Waals surface area (Å²) in [6, 6.07) is 0. The van der Waals surface area contributed by atoms with Gasteiger partial charge in [-0.3, -0.25) is 4.57 Å². The van der Waals surface area contributed by atoms with Gasteiger partial charge in [0.2, 0.25) is 0 Å². The van der Waals surface area contributed by atoms with Gasteiger partial charge >= 0.3 is 6.72 Å². The topological polar surface area (TPSA) is 29.5 Å². The maximum absolute atomic E-state index is 11.6. The van der Waals surface area contributed by atoms with Gasteiger partial charge in [-0.1, -0.05) is 5.92 Å². The third-order valence-electron chi connectivity index (χ3n) is 1.28. The van der Waals surface area contributed by atoms with E-state index in [9.17, 15) is 4.57 Å². The molecule has 1 rings (SSSR count). The average Bonchev–Trinajstić information content (AvgIpc) is 2.29. The van der Waals surface area contributed by atoms with E-state index in [2.05, 4.69) is 5.92 Å². The molecule has 0 fully saturated rings. The Morgan fingerprint density at radius 2 is 2.55 bits per heavy atom. The third-order valence-corrected chi connectivity index (χ3v) is 5.78. The number of hydrogen-bond acceptors (Lipinski definition) is 3. The largest absolute Gasteiger partial charge is 0.358 e. The lowest BCUT2D eigenvalue weighted by Gasteiger charge is -2.16. The highest BCUT2D eigenvalue weighted by Crippen LogP contribution is 2.68. The SMILES string of the molecule is C#CC1=CN(C)P(=O)(OC)S1. The van der Waals surface area contributed by atoms with E-state index in [-0.39, 0.29) is 0 Å². The maximum Gasteiger partial charge on any atom is 0.358 e. The molecular formula is C6H8NO2PS. The van der Waals surface area contributed by atoms with Gasteiger partial charge in [-0.05, 0) is 11.4 Å². The first kappa shape index (κ1) is 8.73. The van der Waals surface area contributed by atoms with Crippen LogP contribution in [0.25, 0.3) is 0 Å². The molecule has 3 nitrogen and oxygen atoms in total. The molecular weight excluding hydrogens is 181 g/mol. The Bertz CT molecular complexity index is 281. The maximum atomic E-state index is 11.6. The van der Waals surface area contributed by atoms with Crippen LogP contribution in [0.5, 0.6) is 0 Å². The van der Waals surface area contributed by atoms with Crippen LogP contribution < -0.4 is 0 Å². The summed E-state index contributed by atoms with van der Waals surface area (Å²) in [6.45, 7) is -2.70. The van der Waals surface area contributed by atoms with Crippen LogP contribution in [-0.2, 0) is 9.09 Å². The molecule has 60 valence electrons. The van der Waals surface area contributed by atoms with Crippen molar-refractivity contribution in [2.75, 3.05) is 14.2 Å². The van der Waals surface area contributed by atoms with Gasteiger partial charge in [0.15, 0.2) is 0 Å². The first-order valence-electron chi connectivity index (χ1n) is 2.89. The van der Waals surface area contributed by atoms with Gasteiger partial charge in [-0.25, -0.2) is 0 Å². The fourth-order valence-corrected chi connectivity index (χ4v) is 3.78. The minimum Gasteiger partial charge on any atom is -0.309 e. The summed E-state index contributed by atoms with van der Waals surface area (Å²) in [4.78, 5) is 0.651. The Morgan fingerprint density at radius 1 is 1.91 bits per heavy atom. The zero-order valence-electron chi connectivity index (χ0n) is 6.27. The van der Waals surface area contributed by atoms with Gasteiger partial charge in [-0.2, -0.15) is 0 Å². The van der Waals surface area contributed by atoms with Crippen LogP contribution in [0.3, 0.4) is 0 Å². The molecule has 0 bridgehead atoms. The van der Waals surface area contributed by atoms with E-state index >= 15 is 0 Å². The molecule has 1 atom stereocenters. The fourth-order valence-electron chi connectivity index (χ4n) is 0.682. The zero-order valence-corrected chi connectivity index (χ0v) is 7.98. The summed E-state index contributed by atoms with van der Waals surface area (Å²) in [5, 5.41) is 0. The molecule has 0 saturated heterocycles. The lowest BCUT2D eigenvalue weighted by molar-refractivity contribution is 0.374. The van der Waals surface area contributed by atoms with Crippen LogP contribution in [0.4, 0.5) is 0 Å². The summed E-state index contributed by atoms with van der Waals surface area (Å²) >= 11 is 1.11. The van der Waals surface area contributed by atoms with Crippen LogP contribution in [-0.4, -0.2) is 18.8 Å². The summed E-state index contributed by atoms with van der Waals surface area (Å²) < 4.78 is 18.0. The van der Waals surface area contributed by atoms with Crippen molar-refractivity contribution in [3.63, 3.8) is 0 Å².